The van der Waals surface area contributed by atoms with E-state index in [0.717, 1.165) is 23.4 Å². The normalized spacial score (nSPS) is 17.0. The summed E-state index contributed by atoms with van der Waals surface area (Å²) >= 11 is 5.99. The average molecular weight is 417 g/mol. The van der Waals surface area contributed by atoms with Crippen LogP contribution in [0.2, 0.25) is 5.02 Å². The summed E-state index contributed by atoms with van der Waals surface area (Å²) in [5.41, 5.74) is 2.86. The van der Waals surface area contributed by atoms with Crippen molar-refractivity contribution in [2.24, 2.45) is 11.0 Å². The first kappa shape index (κ1) is 21.0. The van der Waals surface area contributed by atoms with Crippen molar-refractivity contribution >= 4 is 29.0 Å². The molecule has 6 nitrogen and oxygen atoms in total. The van der Waals surface area contributed by atoms with Crippen molar-refractivity contribution in [3.05, 3.63) is 53.1 Å². The third-order valence-electron chi connectivity index (χ3n) is 4.90. The molecule has 154 valence electrons. The predicted octanol–water partition coefficient (Wildman–Crippen LogP) is 4.65. The van der Waals surface area contributed by atoms with Crippen LogP contribution in [0.3, 0.4) is 0 Å². The Labute approximate surface area is 175 Å². The minimum absolute atomic E-state index is 0.0777. The molecule has 0 spiro atoms. The third-order valence-corrected chi connectivity index (χ3v) is 5.15. The Hall–Kier alpha value is -2.73. The van der Waals surface area contributed by atoms with Crippen molar-refractivity contribution in [3.8, 4) is 11.5 Å². The molecule has 0 aromatic heterocycles. The zero-order valence-electron chi connectivity index (χ0n) is 16.8. The molecule has 0 saturated carbocycles. The lowest BCUT2D eigenvalue weighted by molar-refractivity contribution is -0.141. The monoisotopic (exact) mass is 416 g/mol. The summed E-state index contributed by atoms with van der Waals surface area (Å²) in [7, 11) is 1.57. The van der Waals surface area contributed by atoms with Gasteiger partial charge in [0.05, 0.1) is 24.8 Å². The Morgan fingerprint density at radius 1 is 1.31 bits per heavy atom. The summed E-state index contributed by atoms with van der Waals surface area (Å²) in [6.07, 6.45) is 1.22. The fourth-order valence-electron chi connectivity index (χ4n) is 3.32. The van der Waals surface area contributed by atoms with E-state index in [1.807, 2.05) is 48.3 Å². The maximum absolute atomic E-state index is 11.1. The van der Waals surface area contributed by atoms with Crippen molar-refractivity contribution < 1.29 is 19.4 Å². The van der Waals surface area contributed by atoms with Crippen LogP contribution >= 0.6 is 11.6 Å². The Morgan fingerprint density at radius 2 is 2.03 bits per heavy atom. The molecule has 1 aliphatic rings. The van der Waals surface area contributed by atoms with E-state index in [-0.39, 0.29) is 6.04 Å². The molecule has 1 aliphatic heterocycles. The fourth-order valence-corrected chi connectivity index (χ4v) is 3.44. The quantitative estimate of drug-likeness (QED) is 0.678. The van der Waals surface area contributed by atoms with Gasteiger partial charge in [-0.3, -0.25) is 9.80 Å². The van der Waals surface area contributed by atoms with Crippen LogP contribution in [0.4, 0.5) is 5.69 Å². The molecule has 2 aromatic rings. The van der Waals surface area contributed by atoms with Gasteiger partial charge in [0.1, 0.15) is 18.1 Å². The summed E-state index contributed by atoms with van der Waals surface area (Å²) in [5.74, 6) is -0.00770. The van der Waals surface area contributed by atoms with Gasteiger partial charge in [-0.1, -0.05) is 24.6 Å². The number of hydrogen-bond donors (Lipinski definition) is 1. The van der Waals surface area contributed by atoms with E-state index in [2.05, 4.69) is 5.10 Å². The third kappa shape index (κ3) is 5.21. The second-order valence-electron chi connectivity index (χ2n) is 7.24. The van der Waals surface area contributed by atoms with Crippen LogP contribution < -0.4 is 14.5 Å². The van der Waals surface area contributed by atoms with Crippen molar-refractivity contribution in [2.75, 3.05) is 18.7 Å². The van der Waals surface area contributed by atoms with E-state index >= 15 is 0 Å². The number of methoxy groups -OCH3 is 1. The lowest BCUT2D eigenvalue weighted by atomic mass is 10.0. The van der Waals surface area contributed by atoms with Gasteiger partial charge in [0, 0.05) is 23.2 Å². The lowest BCUT2D eigenvalue weighted by Crippen LogP contribution is -2.32. The number of hydrogen-bond acceptors (Lipinski definition) is 5. The van der Waals surface area contributed by atoms with Gasteiger partial charge in [-0.15, -0.1) is 0 Å². The number of carboxylic acid groups (broad SMARTS) is 1. The summed E-state index contributed by atoms with van der Waals surface area (Å²) in [4.78, 5) is 11.1. The number of carbonyl (C=O) groups is 1. The Morgan fingerprint density at radius 3 is 2.69 bits per heavy atom. The number of hydrazone groups is 1. The molecule has 2 atom stereocenters. The molecule has 0 amide bonds. The SMILES string of the molecule is COc1cc(OCC2CC(C)=NN2c2ccc(Cl)cc2)ccc1CC(C)C(=O)O. The topological polar surface area (TPSA) is 71.4 Å². The van der Waals surface area contributed by atoms with Gasteiger partial charge < -0.3 is 14.6 Å². The molecule has 0 fully saturated rings. The number of nitrogens with zero attached hydrogens (tertiary/aromatic N) is 2. The molecule has 2 aromatic carbocycles. The van der Waals surface area contributed by atoms with E-state index in [9.17, 15) is 4.79 Å². The zero-order valence-corrected chi connectivity index (χ0v) is 17.5. The van der Waals surface area contributed by atoms with Gasteiger partial charge in [-0.25, -0.2) is 0 Å². The molecular formula is C22H25ClN2O4. The van der Waals surface area contributed by atoms with Crippen molar-refractivity contribution in [1.82, 2.24) is 0 Å². The highest BCUT2D eigenvalue weighted by Gasteiger charge is 2.26. The highest BCUT2D eigenvalue weighted by molar-refractivity contribution is 6.30. The number of ether oxygens (including phenoxy) is 2. The van der Waals surface area contributed by atoms with Crippen LogP contribution in [0.25, 0.3) is 0 Å². The summed E-state index contributed by atoms with van der Waals surface area (Å²) in [6.45, 7) is 4.14. The summed E-state index contributed by atoms with van der Waals surface area (Å²) < 4.78 is 11.5. The summed E-state index contributed by atoms with van der Waals surface area (Å²) in [6, 6.07) is 13.2. The maximum Gasteiger partial charge on any atom is 0.306 e. The van der Waals surface area contributed by atoms with Crippen LogP contribution in [0, 0.1) is 5.92 Å². The fraction of sp³-hybridized carbons (Fsp3) is 0.364. The van der Waals surface area contributed by atoms with E-state index in [4.69, 9.17) is 26.2 Å². The van der Waals surface area contributed by atoms with E-state index < -0.39 is 11.9 Å². The second-order valence-corrected chi connectivity index (χ2v) is 7.68. The van der Waals surface area contributed by atoms with E-state index in [0.29, 0.717) is 29.5 Å². The number of anilines is 1. The van der Waals surface area contributed by atoms with Gasteiger partial charge in [-0.2, -0.15) is 5.10 Å². The maximum atomic E-state index is 11.1. The number of carboxylic acids is 1. The molecular weight excluding hydrogens is 392 g/mol. The van der Waals surface area contributed by atoms with Gasteiger partial charge in [0.2, 0.25) is 0 Å². The van der Waals surface area contributed by atoms with Crippen LogP contribution in [-0.4, -0.2) is 36.5 Å². The molecule has 29 heavy (non-hydrogen) atoms. The minimum Gasteiger partial charge on any atom is -0.496 e. The smallest absolute Gasteiger partial charge is 0.306 e. The van der Waals surface area contributed by atoms with Crippen LogP contribution in [-0.2, 0) is 11.2 Å². The van der Waals surface area contributed by atoms with Crippen molar-refractivity contribution in [3.63, 3.8) is 0 Å². The number of aliphatic carboxylic acids is 1. The van der Waals surface area contributed by atoms with Crippen LogP contribution in [0.5, 0.6) is 11.5 Å². The lowest BCUT2D eigenvalue weighted by Gasteiger charge is -2.24. The first-order valence-corrected chi connectivity index (χ1v) is 9.86. The Kier molecular flexibility index (Phi) is 6.64. The van der Waals surface area contributed by atoms with Crippen molar-refractivity contribution in [1.29, 1.82) is 0 Å². The number of rotatable bonds is 8. The molecule has 1 N–H and O–H groups in total. The van der Waals surface area contributed by atoms with Crippen LogP contribution in [0.1, 0.15) is 25.8 Å². The standard InChI is InChI=1S/C22H25ClN2O4/c1-14(22(26)27)10-16-4-9-20(12-21(16)28-3)29-13-19-11-15(2)24-25(19)18-7-5-17(23)6-8-18/h4-9,12,14,19H,10-11,13H2,1-3H3,(H,26,27). The van der Waals surface area contributed by atoms with E-state index in [1.54, 1.807) is 20.1 Å². The van der Waals surface area contributed by atoms with Gasteiger partial charge in [-0.05, 0) is 49.2 Å². The molecule has 7 heteroatoms. The molecule has 3 rings (SSSR count). The highest BCUT2D eigenvalue weighted by Crippen LogP contribution is 2.29. The summed E-state index contributed by atoms with van der Waals surface area (Å²) in [5, 5.41) is 16.4. The predicted molar refractivity (Wildman–Crippen MR) is 114 cm³/mol. The van der Waals surface area contributed by atoms with Gasteiger partial charge in [0.25, 0.3) is 0 Å². The molecule has 0 aliphatic carbocycles. The first-order chi connectivity index (χ1) is 13.9. The Balaban J connectivity index is 1.68. The average Bonchev–Trinajstić information content (AvgIpc) is 3.08. The zero-order chi connectivity index (χ0) is 21.0. The van der Waals surface area contributed by atoms with Crippen LogP contribution in [0.15, 0.2) is 47.6 Å². The number of halogens is 1. The molecule has 0 bridgehead atoms. The minimum atomic E-state index is -0.828. The molecule has 0 saturated heterocycles. The van der Waals surface area contributed by atoms with Gasteiger partial charge >= 0.3 is 5.97 Å². The number of benzene rings is 2. The molecule has 0 radical (unpaired) electrons. The highest BCUT2D eigenvalue weighted by atomic mass is 35.5. The second kappa shape index (κ2) is 9.18. The molecule has 2 unspecified atom stereocenters. The molecule has 1 heterocycles. The van der Waals surface area contributed by atoms with Crippen molar-refractivity contribution in [2.45, 2.75) is 32.7 Å². The first-order valence-electron chi connectivity index (χ1n) is 9.48. The van der Waals surface area contributed by atoms with Gasteiger partial charge in [0.15, 0.2) is 0 Å². The Bertz CT molecular complexity index is 898. The van der Waals surface area contributed by atoms with E-state index in [1.165, 1.54) is 0 Å². The largest absolute Gasteiger partial charge is 0.496 e.